The number of aromatic hydroxyl groups is 1. The summed E-state index contributed by atoms with van der Waals surface area (Å²) < 4.78 is 0. The zero-order valence-electron chi connectivity index (χ0n) is 11.3. The largest absolute Gasteiger partial charge is 0.493 e. The van der Waals surface area contributed by atoms with Crippen LogP contribution in [0.1, 0.15) is 0 Å². The molecule has 1 N–H and O–H groups in total. The molecule has 0 spiro atoms. The van der Waals surface area contributed by atoms with Gasteiger partial charge in [0.25, 0.3) is 0 Å². The lowest BCUT2D eigenvalue weighted by Crippen LogP contribution is -2.32. The fourth-order valence-electron chi connectivity index (χ4n) is 2.62. The highest BCUT2D eigenvalue weighted by atomic mass is 32.2. The molecule has 2 saturated heterocycles. The molecule has 2 amide bonds. The summed E-state index contributed by atoms with van der Waals surface area (Å²) in [6.07, 6.45) is 0. The van der Waals surface area contributed by atoms with Gasteiger partial charge in [-0.05, 0) is 18.2 Å². The van der Waals surface area contributed by atoms with E-state index < -0.39 is 0 Å². The van der Waals surface area contributed by atoms with Crippen LogP contribution in [0.15, 0.2) is 24.3 Å². The molecule has 0 radical (unpaired) electrons. The number of imide groups is 1. The maximum atomic E-state index is 12.5. The number of carbonyl (C=O) groups excluding carboxylic acids is 2. The number of aromatic nitrogens is 2. The van der Waals surface area contributed by atoms with Crippen molar-refractivity contribution < 1.29 is 14.7 Å². The first-order chi connectivity index (χ1) is 10.6. The van der Waals surface area contributed by atoms with E-state index in [0.29, 0.717) is 5.65 Å². The number of anilines is 1. The van der Waals surface area contributed by atoms with Gasteiger partial charge in [-0.15, -0.1) is 23.5 Å². The molecule has 4 rings (SSSR count). The molecule has 2 aromatic heterocycles. The van der Waals surface area contributed by atoms with Crippen molar-refractivity contribution in [3.8, 4) is 5.88 Å². The van der Waals surface area contributed by atoms with Crippen LogP contribution in [-0.2, 0) is 9.59 Å². The number of amides is 2. The molecule has 2 aliphatic heterocycles. The Morgan fingerprint density at radius 2 is 1.64 bits per heavy atom. The first-order valence-electron chi connectivity index (χ1n) is 6.73. The predicted octanol–water partition coefficient (Wildman–Crippen LogP) is 1.43. The van der Waals surface area contributed by atoms with Crippen LogP contribution in [0.5, 0.6) is 5.88 Å². The van der Waals surface area contributed by atoms with Crippen molar-refractivity contribution >= 4 is 52.2 Å². The molecule has 22 heavy (non-hydrogen) atoms. The van der Waals surface area contributed by atoms with Crippen LogP contribution in [0.2, 0.25) is 0 Å². The first kappa shape index (κ1) is 13.8. The summed E-state index contributed by atoms with van der Waals surface area (Å²) in [4.78, 5) is 34.4. The summed E-state index contributed by atoms with van der Waals surface area (Å²) >= 11 is 3.07. The lowest BCUT2D eigenvalue weighted by Gasteiger charge is -2.19. The van der Waals surface area contributed by atoms with Crippen LogP contribution in [0.25, 0.3) is 11.0 Å². The zero-order valence-corrected chi connectivity index (χ0v) is 12.9. The van der Waals surface area contributed by atoms with Gasteiger partial charge in [-0.2, -0.15) is 4.98 Å². The molecular weight excluding hydrogens is 322 g/mol. The standard InChI is InChI=1S/C14H11N3O3S2/c18-9-4-2-7-1-3-8(15-12(7)16-9)17-13(19)10-11(14(17)20)22-6-5-21-10/h1-4,10-11H,5-6H2,(H,15,16,18). The molecule has 2 aromatic rings. The van der Waals surface area contributed by atoms with Crippen molar-refractivity contribution in [1.82, 2.24) is 9.97 Å². The van der Waals surface area contributed by atoms with Crippen LogP contribution >= 0.6 is 23.5 Å². The van der Waals surface area contributed by atoms with E-state index in [1.807, 2.05) is 0 Å². The van der Waals surface area contributed by atoms with Crippen molar-refractivity contribution in [2.75, 3.05) is 16.4 Å². The molecule has 2 fully saturated rings. The molecule has 0 aromatic carbocycles. The number of carbonyl (C=O) groups is 2. The molecule has 8 heteroatoms. The average molecular weight is 333 g/mol. The summed E-state index contributed by atoms with van der Waals surface area (Å²) in [6, 6.07) is 6.54. The Morgan fingerprint density at radius 1 is 1.00 bits per heavy atom. The molecule has 0 bridgehead atoms. The van der Waals surface area contributed by atoms with Crippen LogP contribution < -0.4 is 4.90 Å². The Bertz CT molecular complexity index is 774. The quantitative estimate of drug-likeness (QED) is 0.790. The van der Waals surface area contributed by atoms with Gasteiger partial charge in [0.2, 0.25) is 17.7 Å². The Kier molecular flexibility index (Phi) is 3.23. The number of rotatable bonds is 1. The van der Waals surface area contributed by atoms with E-state index in [0.717, 1.165) is 21.8 Å². The van der Waals surface area contributed by atoms with Crippen molar-refractivity contribution in [2.24, 2.45) is 0 Å². The summed E-state index contributed by atoms with van der Waals surface area (Å²) in [6.45, 7) is 0. The fourth-order valence-corrected chi connectivity index (χ4v) is 5.45. The van der Waals surface area contributed by atoms with Gasteiger partial charge in [-0.25, -0.2) is 9.88 Å². The van der Waals surface area contributed by atoms with Gasteiger partial charge in [-0.1, -0.05) is 0 Å². The minimum atomic E-state index is -0.319. The Balaban J connectivity index is 1.77. The fraction of sp³-hybridized carbons (Fsp3) is 0.286. The molecule has 6 nitrogen and oxygen atoms in total. The van der Waals surface area contributed by atoms with Gasteiger partial charge in [0, 0.05) is 23.0 Å². The number of pyridine rings is 2. The van der Waals surface area contributed by atoms with E-state index in [1.165, 1.54) is 29.6 Å². The Labute approximate surface area is 134 Å². The van der Waals surface area contributed by atoms with Crippen molar-refractivity contribution in [2.45, 2.75) is 10.5 Å². The highest BCUT2D eigenvalue weighted by Crippen LogP contribution is 2.39. The van der Waals surface area contributed by atoms with E-state index in [1.54, 1.807) is 18.2 Å². The van der Waals surface area contributed by atoms with E-state index in [2.05, 4.69) is 9.97 Å². The second-order valence-electron chi connectivity index (χ2n) is 4.98. The van der Waals surface area contributed by atoms with Crippen LogP contribution in [0, 0.1) is 0 Å². The van der Waals surface area contributed by atoms with E-state index in [4.69, 9.17) is 0 Å². The van der Waals surface area contributed by atoms with Gasteiger partial charge in [0.15, 0.2) is 5.65 Å². The molecule has 2 aliphatic rings. The predicted molar refractivity (Wildman–Crippen MR) is 86.2 cm³/mol. The van der Waals surface area contributed by atoms with E-state index >= 15 is 0 Å². The smallest absolute Gasteiger partial charge is 0.249 e. The first-order valence-corrected chi connectivity index (χ1v) is 8.83. The molecule has 4 heterocycles. The monoisotopic (exact) mass is 333 g/mol. The van der Waals surface area contributed by atoms with Gasteiger partial charge < -0.3 is 5.11 Å². The van der Waals surface area contributed by atoms with Crippen LogP contribution in [0.3, 0.4) is 0 Å². The second-order valence-corrected chi connectivity index (χ2v) is 7.48. The summed E-state index contributed by atoms with van der Waals surface area (Å²) in [5.74, 6) is 1.46. The lowest BCUT2D eigenvalue weighted by atomic mass is 10.3. The number of fused-ring (bicyclic) bond motifs is 2. The molecule has 112 valence electrons. The molecule has 0 aliphatic carbocycles. The zero-order chi connectivity index (χ0) is 15.3. The third-order valence-electron chi connectivity index (χ3n) is 3.63. The number of hydrogen-bond acceptors (Lipinski definition) is 7. The van der Waals surface area contributed by atoms with E-state index in [9.17, 15) is 14.7 Å². The second kappa shape index (κ2) is 5.13. The minimum Gasteiger partial charge on any atom is -0.493 e. The highest BCUT2D eigenvalue weighted by Gasteiger charge is 2.50. The van der Waals surface area contributed by atoms with Crippen molar-refractivity contribution in [3.05, 3.63) is 24.3 Å². The Morgan fingerprint density at radius 3 is 2.32 bits per heavy atom. The van der Waals surface area contributed by atoms with E-state index in [-0.39, 0.29) is 34.0 Å². The average Bonchev–Trinajstić information content (AvgIpc) is 2.79. The minimum absolute atomic E-state index is 0.143. The Hall–Kier alpha value is -1.80. The van der Waals surface area contributed by atoms with Gasteiger partial charge in [0.05, 0.1) is 0 Å². The summed E-state index contributed by atoms with van der Waals surface area (Å²) in [7, 11) is 0. The lowest BCUT2D eigenvalue weighted by molar-refractivity contribution is -0.121. The van der Waals surface area contributed by atoms with Crippen LogP contribution in [-0.4, -0.2) is 48.9 Å². The number of hydrogen-bond donors (Lipinski definition) is 1. The highest BCUT2D eigenvalue weighted by molar-refractivity contribution is 8.08. The molecule has 0 saturated carbocycles. The van der Waals surface area contributed by atoms with Crippen molar-refractivity contribution in [1.29, 1.82) is 0 Å². The summed E-state index contributed by atoms with van der Waals surface area (Å²) in [5, 5.41) is 9.55. The number of nitrogens with zero attached hydrogens (tertiary/aromatic N) is 3. The SMILES string of the molecule is O=C1C2SCCSC2C(=O)N1c1ccc2ccc(O)nc2n1. The number of thioether (sulfide) groups is 2. The van der Waals surface area contributed by atoms with Gasteiger partial charge in [0.1, 0.15) is 16.3 Å². The van der Waals surface area contributed by atoms with Gasteiger partial charge >= 0.3 is 0 Å². The molecule has 2 atom stereocenters. The van der Waals surface area contributed by atoms with Gasteiger partial charge in [-0.3, -0.25) is 9.59 Å². The summed E-state index contributed by atoms with van der Waals surface area (Å²) in [5.41, 5.74) is 0.313. The molecular formula is C14H11N3O3S2. The third-order valence-corrected chi connectivity index (χ3v) is 6.61. The normalized spacial score (nSPS) is 24.8. The third kappa shape index (κ3) is 2.05. The van der Waals surface area contributed by atoms with Crippen molar-refractivity contribution in [3.63, 3.8) is 0 Å². The molecule has 2 unspecified atom stereocenters. The van der Waals surface area contributed by atoms with Crippen LogP contribution in [0.4, 0.5) is 5.82 Å². The maximum Gasteiger partial charge on any atom is 0.249 e. The topological polar surface area (TPSA) is 83.4 Å². The maximum absolute atomic E-state index is 12.5.